The molecule has 1 N–H and O–H groups in total. The van der Waals surface area contributed by atoms with Crippen molar-refractivity contribution in [1.82, 2.24) is 20.5 Å². The summed E-state index contributed by atoms with van der Waals surface area (Å²) in [6.07, 6.45) is 0. The van der Waals surface area contributed by atoms with Crippen LogP contribution in [0.4, 0.5) is 5.95 Å². The first-order chi connectivity index (χ1) is 8.70. The van der Waals surface area contributed by atoms with Crippen LogP contribution in [-0.4, -0.2) is 42.4 Å². The molecule has 0 saturated carbocycles. The van der Waals surface area contributed by atoms with Gasteiger partial charge in [0, 0.05) is 13.6 Å². The second kappa shape index (κ2) is 5.73. The molecule has 1 aromatic carbocycles. The number of fused-ring (bicyclic) bond motifs is 1. The van der Waals surface area contributed by atoms with Gasteiger partial charge >= 0.3 is 0 Å². The summed E-state index contributed by atoms with van der Waals surface area (Å²) in [5.41, 5.74) is 1.72. The summed E-state index contributed by atoms with van der Waals surface area (Å²) in [6.45, 7) is 4.08. The Bertz CT molecular complexity index is 513. The Morgan fingerprint density at radius 2 is 1.94 bits per heavy atom. The van der Waals surface area contributed by atoms with Gasteiger partial charge in [-0.05, 0) is 31.6 Å². The van der Waals surface area contributed by atoms with E-state index < -0.39 is 0 Å². The lowest BCUT2D eigenvalue weighted by Crippen LogP contribution is -2.30. The average molecular weight is 245 g/mol. The van der Waals surface area contributed by atoms with Gasteiger partial charge < -0.3 is 10.2 Å². The number of rotatable bonds is 5. The lowest BCUT2D eigenvalue weighted by atomic mass is 10.2. The molecule has 1 unspecified atom stereocenters. The second-order valence-corrected chi connectivity index (χ2v) is 4.64. The molecule has 5 heteroatoms. The summed E-state index contributed by atoms with van der Waals surface area (Å²) in [5.74, 6) is 1.21. The Kier molecular flexibility index (Phi) is 4.04. The van der Waals surface area contributed by atoms with Crippen LogP contribution in [0, 0.1) is 5.92 Å². The highest BCUT2D eigenvalue weighted by Gasteiger charge is 2.10. The van der Waals surface area contributed by atoms with Gasteiger partial charge in [0.05, 0.1) is 5.52 Å². The van der Waals surface area contributed by atoms with Crippen LogP contribution < -0.4 is 10.2 Å². The zero-order valence-electron chi connectivity index (χ0n) is 11.1. The molecule has 18 heavy (non-hydrogen) atoms. The SMILES string of the molecule is CNCC(C)CN(C)c1nnc2ccccc2n1. The minimum atomic E-state index is 0.537. The molecule has 0 aliphatic heterocycles. The first-order valence-electron chi connectivity index (χ1n) is 6.16. The van der Waals surface area contributed by atoms with Gasteiger partial charge in [-0.3, -0.25) is 0 Å². The van der Waals surface area contributed by atoms with E-state index in [2.05, 4.69) is 27.4 Å². The third-order valence-corrected chi connectivity index (χ3v) is 2.83. The number of para-hydroxylation sites is 1. The number of hydrogen-bond donors (Lipinski definition) is 1. The maximum atomic E-state index is 4.52. The molecule has 1 aromatic heterocycles. The van der Waals surface area contributed by atoms with E-state index in [-0.39, 0.29) is 0 Å². The molecule has 0 aliphatic carbocycles. The van der Waals surface area contributed by atoms with Crippen LogP contribution in [0.15, 0.2) is 24.3 Å². The lowest BCUT2D eigenvalue weighted by molar-refractivity contribution is 0.538. The van der Waals surface area contributed by atoms with E-state index in [0.29, 0.717) is 11.9 Å². The minimum absolute atomic E-state index is 0.537. The summed E-state index contributed by atoms with van der Waals surface area (Å²) >= 11 is 0. The van der Waals surface area contributed by atoms with Gasteiger partial charge in [0.1, 0.15) is 5.52 Å². The van der Waals surface area contributed by atoms with Crippen LogP contribution >= 0.6 is 0 Å². The first-order valence-corrected chi connectivity index (χ1v) is 6.16. The molecule has 0 saturated heterocycles. The second-order valence-electron chi connectivity index (χ2n) is 4.64. The molecule has 1 heterocycles. The molecule has 0 radical (unpaired) electrons. The first kappa shape index (κ1) is 12.7. The summed E-state index contributed by atoms with van der Waals surface area (Å²) in [4.78, 5) is 6.56. The van der Waals surface area contributed by atoms with Crippen molar-refractivity contribution in [3.8, 4) is 0 Å². The zero-order valence-corrected chi connectivity index (χ0v) is 11.1. The van der Waals surface area contributed by atoms with E-state index in [1.165, 1.54) is 0 Å². The molecule has 1 atom stereocenters. The number of anilines is 1. The fourth-order valence-corrected chi connectivity index (χ4v) is 2.00. The van der Waals surface area contributed by atoms with Gasteiger partial charge in [-0.1, -0.05) is 19.1 Å². The van der Waals surface area contributed by atoms with Crippen molar-refractivity contribution in [3.05, 3.63) is 24.3 Å². The van der Waals surface area contributed by atoms with Crippen molar-refractivity contribution in [2.24, 2.45) is 5.92 Å². The Morgan fingerprint density at radius 3 is 2.67 bits per heavy atom. The highest BCUT2D eigenvalue weighted by atomic mass is 15.3. The summed E-state index contributed by atoms with van der Waals surface area (Å²) < 4.78 is 0. The van der Waals surface area contributed by atoms with Crippen LogP contribution in [0.5, 0.6) is 0 Å². The molecule has 0 aliphatic rings. The van der Waals surface area contributed by atoms with Crippen molar-refractivity contribution in [3.63, 3.8) is 0 Å². The van der Waals surface area contributed by atoms with Gasteiger partial charge in [-0.15, -0.1) is 10.2 Å². The smallest absolute Gasteiger partial charge is 0.245 e. The molecule has 2 rings (SSSR count). The van der Waals surface area contributed by atoms with Crippen molar-refractivity contribution in [2.45, 2.75) is 6.92 Å². The van der Waals surface area contributed by atoms with Gasteiger partial charge in [0.15, 0.2) is 0 Å². The molecule has 5 nitrogen and oxygen atoms in total. The quantitative estimate of drug-likeness (QED) is 0.861. The van der Waals surface area contributed by atoms with Crippen molar-refractivity contribution >= 4 is 17.0 Å². The Balaban J connectivity index is 2.15. The molecule has 0 bridgehead atoms. The van der Waals surface area contributed by atoms with E-state index in [9.17, 15) is 0 Å². The van der Waals surface area contributed by atoms with Crippen molar-refractivity contribution in [1.29, 1.82) is 0 Å². The Hall–Kier alpha value is -1.75. The van der Waals surface area contributed by atoms with Crippen molar-refractivity contribution < 1.29 is 0 Å². The molecule has 0 fully saturated rings. The van der Waals surface area contributed by atoms with E-state index in [1.807, 2.05) is 43.3 Å². The molecule has 0 spiro atoms. The van der Waals surface area contributed by atoms with Gasteiger partial charge in [0.2, 0.25) is 5.95 Å². The van der Waals surface area contributed by atoms with Crippen LogP contribution in [0.1, 0.15) is 6.92 Å². The van der Waals surface area contributed by atoms with E-state index in [1.54, 1.807) is 0 Å². The molecular weight excluding hydrogens is 226 g/mol. The van der Waals surface area contributed by atoms with Gasteiger partial charge in [0.25, 0.3) is 0 Å². The molecular formula is C13H19N5. The average Bonchev–Trinajstić information content (AvgIpc) is 2.38. The monoisotopic (exact) mass is 245 g/mol. The number of hydrogen-bond acceptors (Lipinski definition) is 5. The van der Waals surface area contributed by atoms with E-state index in [4.69, 9.17) is 0 Å². The summed E-state index contributed by atoms with van der Waals surface area (Å²) in [7, 11) is 3.96. The number of nitrogens with zero attached hydrogens (tertiary/aromatic N) is 4. The third-order valence-electron chi connectivity index (χ3n) is 2.83. The fraction of sp³-hybridized carbons (Fsp3) is 0.462. The van der Waals surface area contributed by atoms with Crippen LogP contribution in [-0.2, 0) is 0 Å². The highest BCUT2D eigenvalue weighted by molar-refractivity contribution is 5.74. The number of benzene rings is 1. The zero-order chi connectivity index (χ0) is 13.0. The van der Waals surface area contributed by atoms with Crippen LogP contribution in [0.2, 0.25) is 0 Å². The summed E-state index contributed by atoms with van der Waals surface area (Å²) in [5, 5.41) is 11.5. The molecule has 2 aromatic rings. The highest BCUT2D eigenvalue weighted by Crippen LogP contribution is 2.12. The standard InChI is InChI=1S/C13H19N5/c1-10(8-14-2)9-18(3)13-15-11-6-4-5-7-12(11)16-17-13/h4-7,10,14H,8-9H2,1-3H3. The fourth-order valence-electron chi connectivity index (χ4n) is 2.00. The topological polar surface area (TPSA) is 53.9 Å². The van der Waals surface area contributed by atoms with Crippen LogP contribution in [0.3, 0.4) is 0 Å². The Labute approximate surface area is 107 Å². The van der Waals surface area contributed by atoms with E-state index >= 15 is 0 Å². The molecule has 96 valence electrons. The predicted molar refractivity (Wildman–Crippen MR) is 73.7 cm³/mol. The van der Waals surface area contributed by atoms with Crippen molar-refractivity contribution in [2.75, 3.05) is 32.1 Å². The van der Waals surface area contributed by atoms with E-state index in [0.717, 1.165) is 24.1 Å². The van der Waals surface area contributed by atoms with Crippen LogP contribution in [0.25, 0.3) is 11.0 Å². The maximum absolute atomic E-state index is 4.52. The lowest BCUT2D eigenvalue weighted by Gasteiger charge is -2.20. The summed E-state index contributed by atoms with van der Waals surface area (Å²) in [6, 6.07) is 7.78. The van der Waals surface area contributed by atoms with Gasteiger partial charge in [-0.2, -0.15) is 0 Å². The van der Waals surface area contributed by atoms with Gasteiger partial charge in [-0.25, -0.2) is 4.98 Å². The third kappa shape index (κ3) is 2.92. The molecule has 0 amide bonds. The largest absolute Gasteiger partial charge is 0.342 e. The normalized spacial score (nSPS) is 12.6. The predicted octanol–water partition coefficient (Wildman–Crippen LogP) is 1.32. The number of aromatic nitrogens is 3. The maximum Gasteiger partial charge on any atom is 0.245 e. The Morgan fingerprint density at radius 1 is 1.22 bits per heavy atom. The minimum Gasteiger partial charge on any atom is -0.342 e. The number of nitrogens with one attached hydrogen (secondary N) is 1.